The van der Waals surface area contributed by atoms with Gasteiger partial charge in [0, 0.05) is 12.3 Å². The Morgan fingerprint density at radius 2 is 2.18 bits per heavy atom. The summed E-state index contributed by atoms with van der Waals surface area (Å²) >= 11 is 5.45. The monoisotopic (exact) mass is 250 g/mol. The molecule has 2 aromatic rings. The summed E-state index contributed by atoms with van der Waals surface area (Å²) in [6, 6.07) is 7.01. The Balaban J connectivity index is 2.48. The maximum absolute atomic E-state index is 11.1. The van der Waals surface area contributed by atoms with Crippen molar-refractivity contribution < 1.29 is 9.53 Å². The van der Waals surface area contributed by atoms with E-state index in [0.29, 0.717) is 11.3 Å². The van der Waals surface area contributed by atoms with Gasteiger partial charge in [-0.15, -0.1) is 0 Å². The van der Waals surface area contributed by atoms with Crippen LogP contribution < -0.4 is 4.74 Å². The van der Waals surface area contributed by atoms with E-state index in [4.69, 9.17) is 16.3 Å². The number of carbonyl (C=O) groups is 1. The first-order valence-corrected chi connectivity index (χ1v) is 5.40. The van der Waals surface area contributed by atoms with Crippen molar-refractivity contribution in [1.29, 1.82) is 0 Å². The van der Waals surface area contributed by atoms with Crippen LogP contribution in [0.2, 0.25) is 0 Å². The average Bonchev–Trinajstić information content (AvgIpc) is 2.75. The SMILES string of the molecule is COc1cc(-n2ccc(C)n2)ccc1C(=O)Cl. The van der Waals surface area contributed by atoms with Gasteiger partial charge < -0.3 is 4.74 Å². The first-order valence-electron chi connectivity index (χ1n) is 5.02. The quantitative estimate of drug-likeness (QED) is 0.787. The third-order valence-corrected chi connectivity index (χ3v) is 2.59. The van der Waals surface area contributed by atoms with E-state index in [1.165, 1.54) is 7.11 Å². The molecule has 0 radical (unpaired) electrons. The molecular weight excluding hydrogens is 240 g/mol. The first kappa shape index (κ1) is 11.7. The Kier molecular flexibility index (Phi) is 3.15. The predicted octanol–water partition coefficient (Wildman–Crippen LogP) is 2.57. The minimum Gasteiger partial charge on any atom is -0.496 e. The van der Waals surface area contributed by atoms with Crippen LogP contribution in [0, 0.1) is 6.92 Å². The van der Waals surface area contributed by atoms with Crippen LogP contribution >= 0.6 is 11.6 Å². The van der Waals surface area contributed by atoms with Crippen molar-refractivity contribution in [3.8, 4) is 11.4 Å². The van der Waals surface area contributed by atoms with Gasteiger partial charge in [-0.25, -0.2) is 4.68 Å². The lowest BCUT2D eigenvalue weighted by Crippen LogP contribution is -2.00. The van der Waals surface area contributed by atoms with Crippen molar-refractivity contribution >= 4 is 16.8 Å². The van der Waals surface area contributed by atoms with Gasteiger partial charge in [0.15, 0.2) is 0 Å². The van der Waals surface area contributed by atoms with Crippen LogP contribution in [0.4, 0.5) is 0 Å². The second-order valence-electron chi connectivity index (χ2n) is 3.56. The molecule has 1 aromatic carbocycles. The van der Waals surface area contributed by atoms with Crippen molar-refractivity contribution in [3.05, 3.63) is 41.7 Å². The predicted molar refractivity (Wildman–Crippen MR) is 65.0 cm³/mol. The van der Waals surface area contributed by atoms with Crippen LogP contribution in [0.1, 0.15) is 16.1 Å². The van der Waals surface area contributed by atoms with Gasteiger partial charge in [0.2, 0.25) is 0 Å². The summed E-state index contributed by atoms with van der Waals surface area (Å²) in [5, 5.41) is 3.74. The average molecular weight is 251 g/mol. The van der Waals surface area contributed by atoms with Crippen LogP contribution in [-0.2, 0) is 0 Å². The highest BCUT2D eigenvalue weighted by Crippen LogP contribution is 2.23. The molecule has 0 aliphatic carbocycles. The molecule has 0 aliphatic rings. The Bertz CT molecular complexity index is 563. The number of benzene rings is 1. The molecule has 0 bridgehead atoms. The fraction of sp³-hybridized carbons (Fsp3) is 0.167. The van der Waals surface area contributed by atoms with E-state index in [-0.39, 0.29) is 0 Å². The smallest absolute Gasteiger partial charge is 0.256 e. The number of carbonyl (C=O) groups excluding carboxylic acids is 1. The minimum absolute atomic E-state index is 0.349. The molecule has 0 saturated carbocycles. The normalized spacial score (nSPS) is 10.3. The van der Waals surface area contributed by atoms with Gasteiger partial charge in [0.25, 0.3) is 5.24 Å². The Morgan fingerprint density at radius 3 is 2.71 bits per heavy atom. The fourth-order valence-electron chi connectivity index (χ4n) is 1.54. The maximum Gasteiger partial charge on any atom is 0.256 e. The van der Waals surface area contributed by atoms with Crippen molar-refractivity contribution in [3.63, 3.8) is 0 Å². The number of rotatable bonds is 3. The zero-order valence-corrected chi connectivity index (χ0v) is 10.2. The first-order chi connectivity index (χ1) is 8.11. The zero-order chi connectivity index (χ0) is 12.4. The highest BCUT2D eigenvalue weighted by Gasteiger charge is 2.11. The van der Waals surface area contributed by atoms with Gasteiger partial charge in [-0.3, -0.25) is 4.79 Å². The molecule has 0 spiro atoms. The summed E-state index contributed by atoms with van der Waals surface area (Å²) in [6.45, 7) is 1.91. The molecule has 0 aliphatic heterocycles. The third kappa shape index (κ3) is 2.31. The molecule has 0 atom stereocenters. The van der Waals surface area contributed by atoms with Crippen LogP contribution in [-0.4, -0.2) is 22.1 Å². The summed E-state index contributed by atoms with van der Waals surface area (Å²) in [5.41, 5.74) is 2.08. The summed E-state index contributed by atoms with van der Waals surface area (Å²) < 4.78 is 6.84. The largest absolute Gasteiger partial charge is 0.496 e. The van der Waals surface area contributed by atoms with Crippen LogP contribution in [0.3, 0.4) is 0 Å². The van der Waals surface area contributed by atoms with Crippen molar-refractivity contribution in [2.75, 3.05) is 7.11 Å². The van der Waals surface area contributed by atoms with E-state index in [2.05, 4.69) is 5.10 Å². The van der Waals surface area contributed by atoms with Crippen LogP contribution in [0.5, 0.6) is 5.75 Å². The second-order valence-corrected chi connectivity index (χ2v) is 3.90. The van der Waals surface area contributed by atoms with Gasteiger partial charge in [0.1, 0.15) is 5.75 Å². The Labute approximate surface area is 104 Å². The number of hydrogen-bond donors (Lipinski definition) is 0. The van der Waals surface area contributed by atoms with Crippen molar-refractivity contribution in [1.82, 2.24) is 9.78 Å². The number of aromatic nitrogens is 2. The van der Waals surface area contributed by atoms with E-state index in [1.807, 2.05) is 19.2 Å². The van der Waals surface area contributed by atoms with Crippen molar-refractivity contribution in [2.24, 2.45) is 0 Å². The number of methoxy groups -OCH3 is 1. The molecule has 5 heteroatoms. The lowest BCUT2D eigenvalue weighted by atomic mass is 10.2. The lowest BCUT2D eigenvalue weighted by Gasteiger charge is -2.07. The Hall–Kier alpha value is -1.81. The number of aryl methyl sites for hydroxylation is 1. The van der Waals surface area contributed by atoms with Gasteiger partial charge in [-0.1, -0.05) is 0 Å². The second kappa shape index (κ2) is 4.59. The summed E-state index contributed by atoms with van der Waals surface area (Å²) in [4.78, 5) is 11.1. The molecule has 17 heavy (non-hydrogen) atoms. The summed E-state index contributed by atoms with van der Waals surface area (Å²) in [7, 11) is 1.50. The van der Waals surface area contributed by atoms with Crippen LogP contribution in [0.25, 0.3) is 5.69 Å². The topological polar surface area (TPSA) is 44.1 Å². The van der Waals surface area contributed by atoms with Gasteiger partial charge in [0.05, 0.1) is 24.1 Å². The molecule has 0 unspecified atom stereocenters. The van der Waals surface area contributed by atoms with Gasteiger partial charge in [-0.05, 0) is 36.7 Å². The molecule has 1 aromatic heterocycles. The number of nitrogens with zero attached hydrogens (tertiary/aromatic N) is 2. The molecule has 4 nitrogen and oxygen atoms in total. The molecule has 2 rings (SSSR count). The van der Waals surface area contributed by atoms with E-state index in [0.717, 1.165) is 11.4 Å². The highest BCUT2D eigenvalue weighted by molar-refractivity contribution is 6.68. The highest BCUT2D eigenvalue weighted by atomic mass is 35.5. The van der Waals surface area contributed by atoms with Gasteiger partial charge >= 0.3 is 0 Å². The molecule has 0 N–H and O–H groups in total. The number of hydrogen-bond acceptors (Lipinski definition) is 3. The maximum atomic E-state index is 11.1. The molecule has 1 heterocycles. The number of ether oxygens (including phenoxy) is 1. The summed E-state index contributed by atoms with van der Waals surface area (Å²) in [6.07, 6.45) is 1.84. The fourth-order valence-corrected chi connectivity index (χ4v) is 1.70. The Morgan fingerprint density at radius 1 is 1.41 bits per heavy atom. The molecular formula is C12H11ClN2O2. The lowest BCUT2D eigenvalue weighted by molar-refractivity contribution is 0.107. The van der Waals surface area contributed by atoms with Gasteiger partial charge in [-0.2, -0.15) is 5.10 Å². The molecule has 0 amide bonds. The molecule has 88 valence electrons. The van der Waals surface area contributed by atoms with E-state index < -0.39 is 5.24 Å². The van der Waals surface area contributed by atoms with E-state index in [1.54, 1.807) is 22.9 Å². The van der Waals surface area contributed by atoms with E-state index in [9.17, 15) is 4.79 Å². The third-order valence-electron chi connectivity index (χ3n) is 2.38. The van der Waals surface area contributed by atoms with E-state index >= 15 is 0 Å². The molecule has 0 saturated heterocycles. The van der Waals surface area contributed by atoms with Crippen LogP contribution in [0.15, 0.2) is 30.5 Å². The molecule has 0 fully saturated rings. The number of halogens is 1. The standard InChI is InChI=1S/C12H11ClN2O2/c1-8-5-6-15(14-8)9-3-4-10(12(13)16)11(7-9)17-2/h3-7H,1-2H3. The minimum atomic E-state index is -0.537. The summed E-state index contributed by atoms with van der Waals surface area (Å²) in [5.74, 6) is 0.440. The van der Waals surface area contributed by atoms with Crippen molar-refractivity contribution in [2.45, 2.75) is 6.92 Å². The zero-order valence-electron chi connectivity index (χ0n) is 9.48.